The van der Waals surface area contributed by atoms with Gasteiger partial charge in [0.2, 0.25) is 0 Å². The quantitative estimate of drug-likeness (QED) is 0.706. The Labute approximate surface area is 82.3 Å². The smallest absolute Gasteiger partial charge is 0.161 e. The molecule has 1 aliphatic heterocycles. The second kappa shape index (κ2) is 3.67. The lowest BCUT2D eigenvalue weighted by molar-refractivity contribution is 0.193. The number of piperidine rings is 1. The van der Waals surface area contributed by atoms with E-state index in [1.165, 1.54) is 12.4 Å². The minimum atomic E-state index is -0.295. The normalized spacial score (nSPS) is 21.0. The first-order valence-electron chi connectivity index (χ1n) is 4.88. The number of nitrogens with zero attached hydrogens (tertiary/aromatic N) is 2. The van der Waals surface area contributed by atoms with Crippen LogP contribution in [0.2, 0.25) is 0 Å². The third kappa shape index (κ3) is 1.53. The highest BCUT2D eigenvalue weighted by Gasteiger charge is 2.33. The minimum absolute atomic E-state index is 0.185. The van der Waals surface area contributed by atoms with Crippen molar-refractivity contribution in [3.8, 4) is 0 Å². The van der Waals surface area contributed by atoms with Crippen molar-refractivity contribution in [3.63, 3.8) is 0 Å². The monoisotopic (exact) mass is 198 g/mol. The van der Waals surface area contributed by atoms with Gasteiger partial charge in [0.25, 0.3) is 0 Å². The Morgan fingerprint density at radius 3 is 2.79 bits per heavy atom. The molecule has 0 atom stereocenters. The van der Waals surface area contributed by atoms with E-state index in [9.17, 15) is 4.39 Å². The molecule has 4 nitrogen and oxygen atoms in total. The Morgan fingerprint density at radius 1 is 1.57 bits per heavy atom. The van der Waals surface area contributed by atoms with Gasteiger partial charge in [-0.2, -0.15) is 5.10 Å². The van der Waals surface area contributed by atoms with E-state index in [4.69, 9.17) is 5.73 Å². The van der Waals surface area contributed by atoms with Crippen LogP contribution in [0.1, 0.15) is 12.8 Å². The van der Waals surface area contributed by atoms with Crippen molar-refractivity contribution in [3.05, 3.63) is 18.2 Å². The maximum atomic E-state index is 12.8. The molecule has 0 aromatic carbocycles. The van der Waals surface area contributed by atoms with E-state index in [0.717, 1.165) is 25.9 Å². The SMILES string of the molecule is NCC1(n2cc(F)cn2)CCNCC1. The van der Waals surface area contributed by atoms with Crippen molar-refractivity contribution in [1.29, 1.82) is 0 Å². The first kappa shape index (κ1) is 9.61. The standard InChI is InChI=1S/C9H15FN4/c10-8-5-13-14(6-8)9(7-11)1-3-12-4-2-9/h5-6,12H,1-4,7,11H2. The molecule has 3 N–H and O–H groups in total. The molecule has 0 aliphatic carbocycles. The lowest BCUT2D eigenvalue weighted by Gasteiger charge is -2.36. The number of nitrogens with one attached hydrogen (secondary N) is 1. The zero-order valence-corrected chi connectivity index (χ0v) is 8.04. The molecular weight excluding hydrogens is 183 g/mol. The van der Waals surface area contributed by atoms with Crippen molar-refractivity contribution >= 4 is 0 Å². The maximum absolute atomic E-state index is 12.8. The van der Waals surface area contributed by atoms with Gasteiger partial charge in [-0.3, -0.25) is 4.68 Å². The zero-order valence-electron chi connectivity index (χ0n) is 8.04. The number of aromatic nitrogens is 2. The Balaban J connectivity index is 2.26. The second-order valence-corrected chi connectivity index (χ2v) is 3.78. The van der Waals surface area contributed by atoms with Gasteiger partial charge in [-0.15, -0.1) is 0 Å². The summed E-state index contributed by atoms with van der Waals surface area (Å²) in [6.45, 7) is 2.34. The van der Waals surface area contributed by atoms with E-state index in [1.54, 1.807) is 4.68 Å². The summed E-state index contributed by atoms with van der Waals surface area (Å²) < 4.78 is 14.5. The zero-order chi connectivity index (χ0) is 10.0. The molecule has 78 valence electrons. The van der Waals surface area contributed by atoms with Gasteiger partial charge >= 0.3 is 0 Å². The summed E-state index contributed by atoms with van der Waals surface area (Å²) in [6, 6.07) is 0. The first-order chi connectivity index (χ1) is 6.77. The Bertz CT molecular complexity index is 304. The molecule has 2 rings (SSSR count). The predicted molar refractivity (Wildman–Crippen MR) is 51.3 cm³/mol. The number of nitrogens with two attached hydrogens (primary N) is 1. The van der Waals surface area contributed by atoms with Crippen LogP contribution < -0.4 is 11.1 Å². The molecule has 0 unspecified atom stereocenters. The van der Waals surface area contributed by atoms with Crippen LogP contribution in [0.4, 0.5) is 4.39 Å². The van der Waals surface area contributed by atoms with Crippen molar-refractivity contribution in [1.82, 2.24) is 15.1 Å². The maximum Gasteiger partial charge on any atom is 0.161 e. The van der Waals surface area contributed by atoms with Gasteiger partial charge in [-0.1, -0.05) is 0 Å². The van der Waals surface area contributed by atoms with E-state index >= 15 is 0 Å². The Morgan fingerprint density at radius 2 is 2.29 bits per heavy atom. The molecule has 2 heterocycles. The Hall–Kier alpha value is -0.940. The van der Waals surface area contributed by atoms with Crippen LogP contribution in [-0.4, -0.2) is 29.4 Å². The number of hydrogen-bond donors (Lipinski definition) is 2. The van der Waals surface area contributed by atoms with Gasteiger partial charge in [0.05, 0.1) is 17.9 Å². The Kier molecular flexibility index (Phi) is 2.52. The summed E-state index contributed by atoms with van der Waals surface area (Å²) in [5, 5.41) is 7.28. The van der Waals surface area contributed by atoms with Crippen LogP contribution in [-0.2, 0) is 5.54 Å². The molecular formula is C9H15FN4. The van der Waals surface area contributed by atoms with Crippen LogP contribution in [0.3, 0.4) is 0 Å². The van der Waals surface area contributed by atoms with Crippen LogP contribution in [0.5, 0.6) is 0 Å². The van der Waals surface area contributed by atoms with Gasteiger partial charge in [0, 0.05) is 6.54 Å². The predicted octanol–water partition coefficient (Wildman–Crippen LogP) is 0.0596. The van der Waals surface area contributed by atoms with E-state index in [0.29, 0.717) is 6.54 Å². The minimum Gasteiger partial charge on any atom is -0.328 e. The highest BCUT2D eigenvalue weighted by atomic mass is 19.1. The molecule has 0 amide bonds. The van der Waals surface area contributed by atoms with Crippen LogP contribution in [0, 0.1) is 5.82 Å². The van der Waals surface area contributed by atoms with Gasteiger partial charge in [0.1, 0.15) is 0 Å². The third-order valence-corrected chi connectivity index (χ3v) is 2.95. The molecule has 14 heavy (non-hydrogen) atoms. The molecule has 0 bridgehead atoms. The topological polar surface area (TPSA) is 55.9 Å². The molecule has 1 aromatic rings. The van der Waals surface area contributed by atoms with Crippen molar-refractivity contribution in [2.24, 2.45) is 5.73 Å². The summed E-state index contributed by atoms with van der Waals surface area (Å²) in [5.41, 5.74) is 5.58. The first-order valence-corrected chi connectivity index (χ1v) is 4.88. The average Bonchev–Trinajstić information content (AvgIpc) is 2.66. The van der Waals surface area contributed by atoms with Gasteiger partial charge in [-0.05, 0) is 25.9 Å². The van der Waals surface area contributed by atoms with Gasteiger partial charge in [-0.25, -0.2) is 4.39 Å². The van der Waals surface area contributed by atoms with E-state index in [2.05, 4.69) is 10.4 Å². The molecule has 5 heteroatoms. The third-order valence-electron chi connectivity index (χ3n) is 2.95. The fourth-order valence-electron chi connectivity index (χ4n) is 1.98. The van der Waals surface area contributed by atoms with Crippen molar-refractivity contribution in [2.75, 3.05) is 19.6 Å². The highest BCUT2D eigenvalue weighted by Crippen LogP contribution is 2.25. The largest absolute Gasteiger partial charge is 0.328 e. The fraction of sp³-hybridized carbons (Fsp3) is 0.667. The molecule has 0 radical (unpaired) electrons. The number of halogens is 1. The second-order valence-electron chi connectivity index (χ2n) is 3.78. The van der Waals surface area contributed by atoms with E-state index in [-0.39, 0.29) is 11.4 Å². The van der Waals surface area contributed by atoms with Crippen LogP contribution in [0.25, 0.3) is 0 Å². The molecule has 1 fully saturated rings. The molecule has 1 aliphatic rings. The number of rotatable bonds is 2. The average molecular weight is 198 g/mol. The molecule has 1 aromatic heterocycles. The summed E-state index contributed by atoms with van der Waals surface area (Å²) in [7, 11) is 0. The lowest BCUT2D eigenvalue weighted by atomic mass is 9.89. The summed E-state index contributed by atoms with van der Waals surface area (Å²) in [6.07, 6.45) is 4.48. The molecule has 1 saturated heterocycles. The van der Waals surface area contributed by atoms with E-state index in [1.807, 2.05) is 0 Å². The van der Waals surface area contributed by atoms with Crippen molar-refractivity contribution in [2.45, 2.75) is 18.4 Å². The summed E-state index contributed by atoms with van der Waals surface area (Å²) in [4.78, 5) is 0. The van der Waals surface area contributed by atoms with Gasteiger partial charge < -0.3 is 11.1 Å². The lowest BCUT2D eigenvalue weighted by Crippen LogP contribution is -2.49. The molecule has 0 spiro atoms. The summed E-state index contributed by atoms with van der Waals surface area (Å²) >= 11 is 0. The van der Waals surface area contributed by atoms with E-state index < -0.39 is 0 Å². The molecule has 0 saturated carbocycles. The number of hydrogen-bond acceptors (Lipinski definition) is 3. The van der Waals surface area contributed by atoms with Crippen LogP contribution >= 0.6 is 0 Å². The van der Waals surface area contributed by atoms with Gasteiger partial charge in [0.15, 0.2) is 5.82 Å². The highest BCUT2D eigenvalue weighted by molar-refractivity contribution is 4.96. The van der Waals surface area contributed by atoms with Crippen LogP contribution in [0.15, 0.2) is 12.4 Å². The summed E-state index contributed by atoms with van der Waals surface area (Å²) in [5.74, 6) is -0.295. The fourth-order valence-corrected chi connectivity index (χ4v) is 1.98. The van der Waals surface area contributed by atoms with Crippen molar-refractivity contribution < 1.29 is 4.39 Å².